The van der Waals surface area contributed by atoms with Crippen LogP contribution < -0.4 is 0 Å². The van der Waals surface area contributed by atoms with Crippen LogP contribution in [0.5, 0.6) is 0 Å². The highest BCUT2D eigenvalue weighted by Crippen LogP contribution is 2.22. The number of hydrogen-bond acceptors (Lipinski definition) is 4. The van der Waals surface area contributed by atoms with Crippen molar-refractivity contribution in [3.63, 3.8) is 0 Å². The van der Waals surface area contributed by atoms with E-state index in [1.807, 2.05) is 30.6 Å². The molecular formula is C12H17NO3S. The van der Waals surface area contributed by atoms with Crippen molar-refractivity contribution in [1.29, 1.82) is 0 Å². The van der Waals surface area contributed by atoms with Gasteiger partial charge in [0.15, 0.2) is 0 Å². The van der Waals surface area contributed by atoms with Crippen molar-refractivity contribution in [3.8, 4) is 0 Å². The normalized spacial score (nSPS) is 15.4. The molecule has 0 unspecified atom stereocenters. The van der Waals surface area contributed by atoms with Gasteiger partial charge in [-0.1, -0.05) is 11.9 Å². The molecule has 0 fully saturated rings. The number of carbonyl (C=O) groups is 1. The molecule has 0 aromatic rings. The average molecular weight is 255 g/mol. The van der Waals surface area contributed by atoms with Gasteiger partial charge in [0.25, 0.3) is 0 Å². The molecule has 0 aromatic carbocycles. The lowest BCUT2D eigenvalue weighted by molar-refractivity contribution is -0.132. The van der Waals surface area contributed by atoms with E-state index in [4.69, 9.17) is 9.84 Å². The van der Waals surface area contributed by atoms with Crippen molar-refractivity contribution < 1.29 is 14.6 Å². The van der Waals surface area contributed by atoms with E-state index in [-0.39, 0.29) is 0 Å². The number of carboxylic acids is 1. The molecule has 5 heteroatoms. The zero-order chi connectivity index (χ0) is 12.8. The standard InChI is InChI=1S/C12H17NO3S/c1-4-16-11-6-5-9(12(14)15)7-10(8-11)13(2)17-3/h6-8H,4-5H2,1-3H3,(H,14,15). The Balaban J connectivity index is 3.04. The number of likely N-dealkylation sites (N-methyl/N-ethyl adjacent to an activating group) is 1. The van der Waals surface area contributed by atoms with Gasteiger partial charge in [-0.05, 0) is 19.1 Å². The largest absolute Gasteiger partial charge is 0.494 e. The van der Waals surface area contributed by atoms with Gasteiger partial charge in [0.2, 0.25) is 0 Å². The second-order valence-electron chi connectivity index (χ2n) is 3.47. The molecule has 0 aromatic heterocycles. The smallest absolute Gasteiger partial charge is 0.331 e. The lowest BCUT2D eigenvalue weighted by atomic mass is 10.2. The van der Waals surface area contributed by atoms with Gasteiger partial charge < -0.3 is 14.1 Å². The fourth-order valence-electron chi connectivity index (χ4n) is 1.40. The molecular weight excluding hydrogens is 238 g/mol. The third kappa shape index (κ3) is 3.85. The Morgan fingerprint density at radius 2 is 2.29 bits per heavy atom. The summed E-state index contributed by atoms with van der Waals surface area (Å²) in [6.45, 7) is 2.48. The van der Waals surface area contributed by atoms with Crippen LogP contribution in [0.25, 0.3) is 0 Å². The van der Waals surface area contributed by atoms with Crippen LogP contribution in [0.3, 0.4) is 0 Å². The first-order valence-electron chi connectivity index (χ1n) is 5.34. The number of aliphatic carboxylic acids is 1. The number of carboxylic acid groups (broad SMARTS) is 1. The molecule has 0 atom stereocenters. The van der Waals surface area contributed by atoms with E-state index in [1.54, 1.807) is 12.2 Å². The Morgan fingerprint density at radius 3 is 2.82 bits per heavy atom. The van der Waals surface area contributed by atoms with Crippen LogP contribution in [0, 0.1) is 0 Å². The summed E-state index contributed by atoms with van der Waals surface area (Å²) in [5.74, 6) is -0.171. The molecule has 4 nitrogen and oxygen atoms in total. The predicted molar refractivity (Wildman–Crippen MR) is 69.4 cm³/mol. The molecule has 0 radical (unpaired) electrons. The van der Waals surface area contributed by atoms with Crippen LogP contribution in [-0.4, -0.2) is 35.3 Å². The third-order valence-electron chi connectivity index (χ3n) is 2.36. The Labute approximate surface area is 106 Å². The van der Waals surface area contributed by atoms with Gasteiger partial charge in [-0.15, -0.1) is 0 Å². The zero-order valence-corrected chi connectivity index (χ0v) is 11.1. The summed E-state index contributed by atoms with van der Waals surface area (Å²) in [6, 6.07) is 0. The van der Waals surface area contributed by atoms with Crippen LogP contribution in [0.2, 0.25) is 0 Å². The summed E-state index contributed by atoms with van der Waals surface area (Å²) in [6.07, 6.45) is 7.65. The van der Waals surface area contributed by atoms with Crippen LogP contribution in [0.4, 0.5) is 0 Å². The lowest BCUT2D eigenvalue weighted by Crippen LogP contribution is -2.08. The molecule has 1 N–H and O–H groups in total. The maximum Gasteiger partial charge on any atom is 0.331 e. The molecule has 0 spiro atoms. The van der Waals surface area contributed by atoms with E-state index in [0.717, 1.165) is 11.5 Å². The van der Waals surface area contributed by atoms with Gasteiger partial charge in [0.1, 0.15) is 5.76 Å². The van der Waals surface area contributed by atoms with Crippen molar-refractivity contribution in [3.05, 3.63) is 35.3 Å². The van der Waals surface area contributed by atoms with Crippen molar-refractivity contribution in [2.24, 2.45) is 0 Å². The molecule has 1 aliphatic carbocycles. The van der Waals surface area contributed by atoms with Crippen molar-refractivity contribution >= 4 is 17.9 Å². The van der Waals surface area contributed by atoms with Crippen molar-refractivity contribution in [2.45, 2.75) is 13.3 Å². The minimum Gasteiger partial charge on any atom is -0.494 e. The number of nitrogens with zero attached hydrogens (tertiary/aromatic N) is 1. The van der Waals surface area contributed by atoms with E-state index in [2.05, 4.69) is 0 Å². The molecule has 0 aliphatic heterocycles. The molecule has 0 saturated heterocycles. The van der Waals surface area contributed by atoms with Crippen LogP contribution >= 0.6 is 11.9 Å². The van der Waals surface area contributed by atoms with E-state index in [1.165, 1.54) is 11.9 Å². The Bertz CT molecular complexity index is 385. The van der Waals surface area contributed by atoms with Crippen molar-refractivity contribution in [2.75, 3.05) is 19.9 Å². The van der Waals surface area contributed by atoms with Gasteiger partial charge in [0, 0.05) is 31.4 Å². The molecule has 0 saturated carbocycles. The number of allylic oxidation sites excluding steroid dienone is 3. The summed E-state index contributed by atoms with van der Waals surface area (Å²) in [5.41, 5.74) is 1.19. The van der Waals surface area contributed by atoms with Crippen LogP contribution in [0.1, 0.15) is 13.3 Å². The molecule has 1 rings (SSSR count). The van der Waals surface area contributed by atoms with Gasteiger partial charge in [0.05, 0.1) is 12.3 Å². The highest BCUT2D eigenvalue weighted by molar-refractivity contribution is 7.96. The first-order chi connectivity index (χ1) is 8.08. The molecule has 0 amide bonds. The van der Waals surface area contributed by atoms with E-state index >= 15 is 0 Å². The van der Waals surface area contributed by atoms with Gasteiger partial charge in [-0.25, -0.2) is 4.79 Å². The number of rotatable bonds is 5. The Morgan fingerprint density at radius 1 is 1.59 bits per heavy atom. The fraction of sp³-hybridized carbons (Fsp3) is 0.417. The molecule has 0 heterocycles. The average Bonchev–Trinajstić information content (AvgIpc) is 2.51. The fourth-order valence-corrected chi connectivity index (χ4v) is 1.71. The quantitative estimate of drug-likeness (QED) is 0.765. The van der Waals surface area contributed by atoms with Gasteiger partial charge >= 0.3 is 5.97 Å². The number of ether oxygens (including phenoxy) is 1. The summed E-state index contributed by atoms with van der Waals surface area (Å²) >= 11 is 1.52. The number of hydrogen-bond donors (Lipinski definition) is 1. The Hall–Kier alpha value is -1.36. The monoisotopic (exact) mass is 255 g/mol. The van der Waals surface area contributed by atoms with Crippen molar-refractivity contribution in [1.82, 2.24) is 4.31 Å². The molecule has 17 heavy (non-hydrogen) atoms. The first-order valence-corrected chi connectivity index (χ1v) is 6.53. The highest BCUT2D eigenvalue weighted by Gasteiger charge is 2.13. The predicted octanol–water partition coefficient (Wildman–Crippen LogP) is 2.42. The SMILES string of the molecule is CCOC1=CCC(C(=O)O)=CC(N(C)SC)=C1. The van der Waals surface area contributed by atoms with Crippen LogP contribution in [-0.2, 0) is 9.53 Å². The van der Waals surface area contributed by atoms with Crippen LogP contribution in [0.15, 0.2) is 35.3 Å². The lowest BCUT2D eigenvalue weighted by Gasteiger charge is -2.17. The molecule has 94 valence electrons. The Kier molecular flexibility index (Phi) is 5.15. The summed E-state index contributed by atoms with van der Waals surface area (Å²) < 4.78 is 7.34. The summed E-state index contributed by atoms with van der Waals surface area (Å²) in [7, 11) is 1.89. The second-order valence-corrected chi connectivity index (χ2v) is 4.38. The third-order valence-corrected chi connectivity index (χ3v) is 3.12. The van der Waals surface area contributed by atoms with Gasteiger partial charge in [-0.3, -0.25) is 0 Å². The topological polar surface area (TPSA) is 49.8 Å². The van der Waals surface area contributed by atoms with Gasteiger partial charge in [-0.2, -0.15) is 0 Å². The first kappa shape index (κ1) is 13.7. The highest BCUT2D eigenvalue weighted by atomic mass is 32.2. The zero-order valence-electron chi connectivity index (χ0n) is 10.3. The molecule has 1 aliphatic rings. The minimum absolute atomic E-state index is 0.367. The van der Waals surface area contributed by atoms with E-state index in [9.17, 15) is 4.79 Å². The second kappa shape index (κ2) is 6.39. The summed E-state index contributed by atoms with van der Waals surface area (Å²) in [4.78, 5) is 11.0. The van der Waals surface area contributed by atoms with E-state index in [0.29, 0.717) is 18.6 Å². The maximum absolute atomic E-state index is 11.0. The maximum atomic E-state index is 11.0. The summed E-state index contributed by atoms with van der Waals surface area (Å²) in [5, 5.41) is 9.06. The molecule has 0 bridgehead atoms. The minimum atomic E-state index is -0.889. The van der Waals surface area contributed by atoms with E-state index < -0.39 is 5.97 Å².